The van der Waals surface area contributed by atoms with Gasteiger partial charge in [-0.2, -0.15) is 0 Å². The number of benzene rings is 1. The van der Waals surface area contributed by atoms with Crippen LogP contribution in [0.1, 0.15) is 0 Å². The zero-order valence-electron chi connectivity index (χ0n) is 6.89. The molecule has 4 N–H and O–H groups in total. The Bertz CT molecular complexity index is 582. The second kappa shape index (κ2) is 3.10. The molecule has 2 rings (SSSR count). The van der Waals surface area contributed by atoms with Crippen LogP contribution in [-0.2, 0) is 3.74 Å². The molecule has 0 spiro atoms. The monoisotopic (exact) mass is 274 g/mol. The third-order valence-corrected chi connectivity index (χ3v) is 4.15. The van der Waals surface area contributed by atoms with E-state index in [4.69, 9.17) is 20.4 Å². The number of aromatic nitrogens is 2. The van der Waals surface area contributed by atoms with Crippen molar-refractivity contribution >= 4 is 41.8 Å². The standard InChI is InChI=1S/C7H7AsN2O3S/c11-8(12,13)4-2-1-3-5-6(4)10-7(14)9-5/h1-3H,(H2,9,10,14)(H2,11,12,13). The molecule has 1 heterocycles. The fraction of sp³-hybridized carbons (Fsp3) is 0. The van der Waals surface area contributed by atoms with Crippen LogP contribution >= 0.6 is 12.2 Å². The Labute approximate surface area is 86.8 Å². The molecule has 1 aromatic heterocycles. The average molecular weight is 274 g/mol. The van der Waals surface area contributed by atoms with Gasteiger partial charge in [0.1, 0.15) is 0 Å². The topological polar surface area (TPSA) is 89.1 Å². The summed E-state index contributed by atoms with van der Waals surface area (Å²) < 4.78 is 29.7. The van der Waals surface area contributed by atoms with Crippen molar-refractivity contribution < 1.29 is 11.9 Å². The number of hydrogen-bond donors (Lipinski definition) is 4. The van der Waals surface area contributed by atoms with Crippen molar-refractivity contribution in [3.8, 4) is 0 Å². The van der Waals surface area contributed by atoms with Gasteiger partial charge in [-0.25, -0.2) is 0 Å². The first kappa shape index (κ1) is 9.73. The van der Waals surface area contributed by atoms with E-state index < -0.39 is 14.2 Å². The third kappa shape index (κ3) is 1.57. The molecule has 0 atom stereocenters. The van der Waals surface area contributed by atoms with E-state index in [2.05, 4.69) is 9.97 Å². The summed E-state index contributed by atoms with van der Waals surface area (Å²) in [6, 6.07) is 4.69. The van der Waals surface area contributed by atoms with Gasteiger partial charge in [0.2, 0.25) is 0 Å². The van der Waals surface area contributed by atoms with Gasteiger partial charge in [0.15, 0.2) is 0 Å². The summed E-state index contributed by atoms with van der Waals surface area (Å²) in [5, 5.41) is 0. The third-order valence-electron chi connectivity index (χ3n) is 1.84. The predicted octanol–water partition coefficient (Wildman–Crippen LogP) is -0.214. The van der Waals surface area contributed by atoms with Crippen LogP contribution < -0.4 is 4.35 Å². The van der Waals surface area contributed by atoms with Gasteiger partial charge in [-0.05, 0) is 0 Å². The SMILES string of the molecule is O=[As](O)(O)c1cccc2[nH]c(=S)[nH]c12. The van der Waals surface area contributed by atoms with Gasteiger partial charge in [-0.1, -0.05) is 0 Å². The number of imidazole rings is 1. The molecule has 14 heavy (non-hydrogen) atoms. The van der Waals surface area contributed by atoms with Crippen molar-refractivity contribution in [3.05, 3.63) is 23.0 Å². The van der Waals surface area contributed by atoms with Gasteiger partial charge >= 0.3 is 86.6 Å². The summed E-state index contributed by atoms with van der Waals surface area (Å²) in [4.78, 5) is 5.51. The van der Waals surface area contributed by atoms with Crippen LogP contribution in [-0.4, -0.2) is 32.3 Å². The molecule has 1 aromatic carbocycles. The molecule has 0 fully saturated rings. The van der Waals surface area contributed by atoms with Crippen molar-refractivity contribution in [2.75, 3.05) is 0 Å². The number of nitrogens with one attached hydrogen (secondary N) is 2. The summed E-state index contributed by atoms with van der Waals surface area (Å²) >= 11 is -0.0313. The quantitative estimate of drug-likeness (QED) is 0.428. The Kier molecular flexibility index (Phi) is 2.15. The molecule has 0 unspecified atom stereocenters. The van der Waals surface area contributed by atoms with E-state index in [0.717, 1.165) is 0 Å². The van der Waals surface area contributed by atoms with Crippen molar-refractivity contribution in [1.82, 2.24) is 9.97 Å². The number of para-hydroxylation sites is 1. The normalized spacial score (nSPS) is 12.1. The van der Waals surface area contributed by atoms with Crippen LogP contribution in [0.25, 0.3) is 11.0 Å². The zero-order chi connectivity index (χ0) is 10.3. The van der Waals surface area contributed by atoms with Crippen molar-refractivity contribution in [1.29, 1.82) is 0 Å². The summed E-state index contributed by atoms with van der Waals surface area (Å²) in [5.74, 6) is 0. The second-order valence-electron chi connectivity index (χ2n) is 2.82. The molecule has 0 bridgehead atoms. The summed E-state index contributed by atoms with van der Waals surface area (Å²) in [6.07, 6.45) is 0. The van der Waals surface area contributed by atoms with Crippen LogP contribution in [0.15, 0.2) is 18.2 Å². The Morgan fingerprint density at radius 1 is 1.29 bits per heavy atom. The molecule has 0 aliphatic heterocycles. The molecular formula is C7H7AsN2O3S. The van der Waals surface area contributed by atoms with Gasteiger partial charge in [0.25, 0.3) is 0 Å². The minimum absolute atomic E-state index is 0.0213. The fourth-order valence-electron chi connectivity index (χ4n) is 1.29. The van der Waals surface area contributed by atoms with Crippen LogP contribution in [0.3, 0.4) is 0 Å². The molecule has 7 heteroatoms. The van der Waals surface area contributed by atoms with E-state index in [9.17, 15) is 3.74 Å². The summed E-state index contributed by atoms with van der Waals surface area (Å²) in [5.41, 5.74) is 1.00. The van der Waals surface area contributed by atoms with Crippen LogP contribution in [0, 0.1) is 4.77 Å². The predicted molar refractivity (Wildman–Crippen MR) is 54.0 cm³/mol. The summed E-state index contributed by atoms with van der Waals surface area (Å²) in [7, 11) is 0. The van der Waals surface area contributed by atoms with Gasteiger partial charge in [0.05, 0.1) is 0 Å². The first-order chi connectivity index (χ1) is 6.48. The number of hydrogen-bond acceptors (Lipinski definition) is 2. The Morgan fingerprint density at radius 2 is 2.00 bits per heavy atom. The van der Waals surface area contributed by atoms with Crippen LogP contribution in [0.4, 0.5) is 0 Å². The molecule has 2 aromatic rings. The fourth-order valence-corrected chi connectivity index (χ4v) is 3.07. The maximum absolute atomic E-state index is 11.1. The Morgan fingerprint density at radius 3 is 2.64 bits per heavy atom. The van der Waals surface area contributed by atoms with Gasteiger partial charge < -0.3 is 0 Å². The molecule has 0 radical (unpaired) electrons. The molecule has 74 valence electrons. The molecule has 0 aliphatic carbocycles. The number of fused-ring (bicyclic) bond motifs is 1. The van der Waals surface area contributed by atoms with Gasteiger partial charge in [-0.3, -0.25) is 0 Å². The van der Waals surface area contributed by atoms with E-state index >= 15 is 0 Å². The molecular weight excluding hydrogens is 267 g/mol. The van der Waals surface area contributed by atoms with Gasteiger partial charge in [-0.15, -0.1) is 0 Å². The van der Waals surface area contributed by atoms with Crippen molar-refractivity contribution in [3.63, 3.8) is 0 Å². The molecule has 0 aliphatic rings. The van der Waals surface area contributed by atoms with E-state index in [-0.39, 0.29) is 4.35 Å². The van der Waals surface area contributed by atoms with E-state index in [0.29, 0.717) is 15.8 Å². The number of aromatic amines is 2. The number of H-pyrrole nitrogens is 2. The zero-order valence-corrected chi connectivity index (χ0v) is 9.58. The molecule has 0 saturated heterocycles. The summed E-state index contributed by atoms with van der Waals surface area (Å²) in [6.45, 7) is 0. The van der Waals surface area contributed by atoms with E-state index in [1.807, 2.05) is 0 Å². The maximum atomic E-state index is 11.1. The van der Waals surface area contributed by atoms with E-state index in [1.165, 1.54) is 6.07 Å². The first-order valence-electron chi connectivity index (χ1n) is 3.75. The average Bonchev–Trinajstić information content (AvgIpc) is 2.41. The van der Waals surface area contributed by atoms with E-state index in [1.54, 1.807) is 12.1 Å². The molecule has 0 amide bonds. The van der Waals surface area contributed by atoms with Crippen LogP contribution in [0.5, 0.6) is 0 Å². The Hall–Kier alpha value is -0.812. The first-order valence-corrected chi connectivity index (χ1v) is 7.55. The number of rotatable bonds is 1. The van der Waals surface area contributed by atoms with Gasteiger partial charge in [0, 0.05) is 0 Å². The Balaban J connectivity index is 2.90. The molecule has 0 saturated carbocycles. The second-order valence-corrected chi connectivity index (χ2v) is 6.52. The van der Waals surface area contributed by atoms with Crippen molar-refractivity contribution in [2.45, 2.75) is 0 Å². The van der Waals surface area contributed by atoms with Crippen LogP contribution in [0.2, 0.25) is 0 Å². The van der Waals surface area contributed by atoms with Crippen molar-refractivity contribution in [2.24, 2.45) is 0 Å². The minimum atomic E-state index is -4.87. The molecule has 5 nitrogen and oxygen atoms in total.